The molecule has 3 fully saturated rings. The number of aryl methyl sites for hydroxylation is 1. The maximum atomic E-state index is 13.0. The Morgan fingerprint density at radius 3 is 2.62 bits per heavy atom. The fraction of sp³-hybridized carbons (Fsp3) is 0.750. The molecule has 3 aliphatic rings. The Balaban J connectivity index is 1.73. The van der Waals surface area contributed by atoms with Crippen LogP contribution in [0.5, 0.6) is 0 Å². The van der Waals surface area contributed by atoms with Gasteiger partial charge in [-0.1, -0.05) is 13.8 Å². The first-order valence-corrected chi connectivity index (χ1v) is 9.79. The van der Waals surface area contributed by atoms with Gasteiger partial charge in [0, 0.05) is 30.9 Å². The van der Waals surface area contributed by atoms with Gasteiger partial charge in [-0.25, -0.2) is 0 Å². The van der Waals surface area contributed by atoms with E-state index in [4.69, 9.17) is 0 Å². The number of nitrogens with zero attached hydrogens (tertiary/aromatic N) is 3. The molecule has 1 aromatic rings. The summed E-state index contributed by atoms with van der Waals surface area (Å²) in [4.78, 5) is 26.4. The molecule has 6 heteroatoms. The number of carbonyl (C=O) groups is 2. The highest BCUT2D eigenvalue weighted by atomic mass is 16.4. The summed E-state index contributed by atoms with van der Waals surface area (Å²) in [6.07, 6.45) is 3.06. The van der Waals surface area contributed by atoms with E-state index >= 15 is 0 Å². The molecule has 2 saturated heterocycles. The molecule has 4 rings (SSSR count). The number of aromatic nitrogens is 2. The molecular weight excluding hydrogens is 330 g/mol. The van der Waals surface area contributed by atoms with Crippen molar-refractivity contribution in [2.75, 3.05) is 13.1 Å². The Bertz CT molecular complexity index is 695. The third kappa shape index (κ3) is 3.79. The Hall–Kier alpha value is -1.85. The van der Waals surface area contributed by atoms with Gasteiger partial charge in [0.15, 0.2) is 0 Å². The van der Waals surface area contributed by atoms with Gasteiger partial charge in [0.05, 0.1) is 18.0 Å². The van der Waals surface area contributed by atoms with E-state index in [1.807, 2.05) is 23.4 Å². The third-order valence-corrected chi connectivity index (χ3v) is 6.10. The summed E-state index contributed by atoms with van der Waals surface area (Å²) in [6.45, 7) is 10.5. The predicted octanol–water partition coefficient (Wildman–Crippen LogP) is 2.66. The van der Waals surface area contributed by atoms with E-state index < -0.39 is 5.97 Å². The topological polar surface area (TPSA) is 75.4 Å². The Labute approximate surface area is 155 Å². The highest BCUT2D eigenvalue weighted by Crippen LogP contribution is 2.38. The first-order chi connectivity index (χ1) is 12.3. The van der Waals surface area contributed by atoms with E-state index in [0.717, 1.165) is 36.3 Å². The number of carboxylic acids is 1. The molecule has 0 radical (unpaired) electrons. The van der Waals surface area contributed by atoms with Crippen molar-refractivity contribution in [3.63, 3.8) is 0 Å². The molecule has 144 valence electrons. The van der Waals surface area contributed by atoms with Crippen LogP contribution in [0.4, 0.5) is 0 Å². The van der Waals surface area contributed by atoms with Crippen LogP contribution in [0.1, 0.15) is 50.1 Å². The van der Waals surface area contributed by atoms with Crippen molar-refractivity contribution in [2.24, 2.45) is 23.7 Å². The molecular formula is C20H31N3O3. The lowest BCUT2D eigenvalue weighted by molar-refractivity contribution is -0.145. The highest BCUT2D eigenvalue weighted by Gasteiger charge is 2.41. The van der Waals surface area contributed by atoms with Crippen LogP contribution in [0, 0.1) is 37.5 Å². The predicted molar refractivity (Wildman–Crippen MR) is 98.8 cm³/mol. The zero-order valence-corrected chi connectivity index (χ0v) is 16.4. The van der Waals surface area contributed by atoms with Crippen molar-refractivity contribution in [3.8, 4) is 0 Å². The Kier molecular flexibility index (Phi) is 5.39. The second kappa shape index (κ2) is 7.41. The van der Waals surface area contributed by atoms with E-state index in [2.05, 4.69) is 18.9 Å². The third-order valence-electron chi connectivity index (χ3n) is 6.10. The molecule has 6 nitrogen and oxygen atoms in total. The molecule has 3 unspecified atom stereocenters. The molecule has 1 amide bonds. The molecule has 1 aliphatic carbocycles. The summed E-state index contributed by atoms with van der Waals surface area (Å²) in [5.41, 5.74) is 3.03. The van der Waals surface area contributed by atoms with Crippen LogP contribution in [0.3, 0.4) is 0 Å². The van der Waals surface area contributed by atoms with E-state index in [1.54, 1.807) is 0 Å². The first kappa shape index (κ1) is 18.9. The number of hydrogen-bond donors (Lipinski definition) is 1. The van der Waals surface area contributed by atoms with Gasteiger partial charge < -0.3 is 10.0 Å². The minimum Gasteiger partial charge on any atom is -0.481 e. The number of aliphatic carboxylic acids is 1. The number of fused-ring (bicyclic) bond motifs is 4. The molecule has 0 aromatic carbocycles. The molecule has 3 heterocycles. The lowest BCUT2D eigenvalue weighted by atomic mass is 9.76. The van der Waals surface area contributed by atoms with Gasteiger partial charge in [-0.2, -0.15) is 5.10 Å². The maximum Gasteiger partial charge on any atom is 0.306 e. The summed E-state index contributed by atoms with van der Waals surface area (Å²) < 4.78 is 2.01. The summed E-state index contributed by atoms with van der Waals surface area (Å²) in [7, 11) is 0. The molecule has 1 N–H and O–H groups in total. The fourth-order valence-corrected chi connectivity index (χ4v) is 4.66. The van der Waals surface area contributed by atoms with E-state index in [1.165, 1.54) is 0 Å². The normalized spacial score (nSPS) is 25.6. The van der Waals surface area contributed by atoms with Crippen molar-refractivity contribution in [2.45, 2.75) is 59.9 Å². The molecule has 2 bridgehead atoms. The van der Waals surface area contributed by atoms with Crippen LogP contribution in [0.2, 0.25) is 0 Å². The second-order valence-corrected chi connectivity index (χ2v) is 8.58. The minimum absolute atomic E-state index is 0.0982. The van der Waals surface area contributed by atoms with Crippen molar-refractivity contribution < 1.29 is 14.7 Å². The molecule has 1 saturated carbocycles. The van der Waals surface area contributed by atoms with E-state index in [-0.39, 0.29) is 17.7 Å². The summed E-state index contributed by atoms with van der Waals surface area (Å²) in [5.74, 6) is 0.0548. The fourth-order valence-electron chi connectivity index (χ4n) is 4.66. The van der Waals surface area contributed by atoms with Crippen LogP contribution in [-0.4, -0.2) is 44.8 Å². The van der Waals surface area contributed by atoms with Gasteiger partial charge >= 0.3 is 5.97 Å². The van der Waals surface area contributed by atoms with E-state index in [0.29, 0.717) is 37.8 Å². The number of carboxylic acid groups (broad SMARTS) is 1. The summed E-state index contributed by atoms with van der Waals surface area (Å²) in [6, 6.07) is 0. The molecule has 0 spiro atoms. The molecule has 2 aliphatic heterocycles. The molecule has 26 heavy (non-hydrogen) atoms. The van der Waals surface area contributed by atoms with Gasteiger partial charge in [-0.05, 0) is 50.9 Å². The zero-order chi connectivity index (χ0) is 19.0. The Morgan fingerprint density at radius 1 is 1.23 bits per heavy atom. The number of carbonyl (C=O) groups excluding carboxylic acids is 1. The quantitative estimate of drug-likeness (QED) is 0.875. The first-order valence-electron chi connectivity index (χ1n) is 9.79. The zero-order valence-electron chi connectivity index (χ0n) is 16.4. The number of hydrogen-bond acceptors (Lipinski definition) is 3. The lowest BCUT2D eigenvalue weighted by Gasteiger charge is -2.28. The largest absolute Gasteiger partial charge is 0.481 e. The van der Waals surface area contributed by atoms with Crippen LogP contribution in [0.15, 0.2) is 0 Å². The lowest BCUT2D eigenvalue weighted by Crippen LogP contribution is -2.37. The SMILES string of the molecule is Cc1nn(CC(C)C)c(C)c1CC(=O)N1CC2CCC(C1)C(C(=O)O)C2. The van der Waals surface area contributed by atoms with Crippen LogP contribution in [0.25, 0.3) is 0 Å². The summed E-state index contributed by atoms with van der Waals surface area (Å²) >= 11 is 0. The monoisotopic (exact) mass is 361 g/mol. The standard InChI is InChI=1S/C20H31N3O3/c1-12(2)9-23-14(4)17(13(3)21-23)8-19(24)22-10-15-5-6-16(11-22)18(7-15)20(25)26/h12,15-16,18H,5-11H2,1-4H3,(H,25,26). The van der Waals surface area contributed by atoms with E-state index in [9.17, 15) is 14.7 Å². The minimum atomic E-state index is -0.698. The van der Waals surface area contributed by atoms with Gasteiger partial charge in [-0.15, -0.1) is 0 Å². The van der Waals surface area contributed by atoms with Gasteiger partial charge in [0.1, 0.15) is 0 Å². The van der Waals surface area contributed by atoms with Crippen molar-refractivity contribution in [3.05, 3.63) is 17.0 Å². The van der Waals surface area contributed by atoms with Gasteiger partial charge in [-0.3, -0.25) is 14.3 Å². The van der Waals surface area contributed by atoms with Crippen LogP contribution < -0.4 is 0 Å². The Morgan fingerprint density at radius 2 is 1.96 bits per heavy atom. The number of rotatable bonds is 5. The molecule has 3 atom stereocenters. The second-order valence-electron chi connectivity index (χ2n) is 8.58. The van der Waals surface area contributed by atoms with Crippen molar-refractivity contribution >= 4 is 11.9 Å². The average Bonchev–Trinajstić information content (AvgIpc) is 2.79. The number of amides is 1. The maximum absolute atomic E-state index is 13.0. The summed E-state index contributed by atoms with van der Waals surface area (Å²) in [5, 5.41) is 14.1. The molecule has 1 aromatic heterocycles. The van der Waals surface area contributed by atoms with Crippen LogP contribution in [-0.2, 0) is 22.6 Å². The van der Waals surface area contributed by atoms with Gasteiger partial charge in [0.25, 0.3) is 0 Å². The smallest absolute Gasteiger partial charge is 0.306 e. The van der Waals surface area contributed by atoms with Crippen LogP contribution >= 0.6 is 0 Å². The van der Waals surface area contributed by atoms with Gasteiger partial charge in [0.2, 0.25) is 5.91 Å². The van der Waals surface area contributed by atoms with Crippen molar-refractivity contribution in [1.29, 1.82) is 0 Å². The van der Waals surface area contributed by atoms with Crippen molar-refractivity contribution in [1.82, 2.24) is 14.7 Å². The average molecular weight is 361 g/mol. The highest BCUT2D eigenvalue weighted by molar-refractivity contribution is 5.79.